The molecule has 1 aliphatic heterocycles. The Balaban J connectivity index is 2.53. The van der Waals surface area contributed by atoms with Crippen molar-refractivity contribution in [3.63, 3.8) is 0 Å². The second-order valence-corrected chi connectivity index (χ2v) is 5.26. The van der Waals surface area contributed by atoms with E-state index in [-0.39, 0.29) is 5.78 Å². The zero-order chi connectivity index (χ0) is 13.8. The number of halogens is 1. The van der Waals surface area contributed by atoms with Crippen molar-refractivity contribution in [3.05, 3.63) is 21.7 Å². The molecule has 0 saturated heterocycles. The molecule has 0 bridgehead atoms. The number of carbonyl (C=O) groups is 1. The van der Waals surface area contributed by atoms with Crippen molar-refractivity contribution in [2.45, 2.75) is 26.2 Å². The number of hydrogen-bond acceptors (Lipinski definition) is 4. The van der Waals surface area contributed by atoms with Gasteiger partial charge in [-0.15, -0.1) is 0 Å². The van der Waals surface area contributed by atoms with E-state index in [0.29, 0.717) is 43.2 Å². The Labute approximate surface area is 121 Å². The molecule has 1 aromatic carbocycles. The first kappa shape index (κ1) is 14.3. The van der Waals surface area contributed by atoms with E-state index in [0.717, 1.165) is 22.9 Å². The van der Waals surface area contributed by atoms with Crippen molar-refractivity contribution < 1.29 is 14.3 Å². The highest BCUT2D eigenvalue weighted by atomic mass is 79.9. The first-order chi connectivity index (χ1) is 9.19. The van der Waals surface area contributed by atoms with E-state index >= 15 is 0 Å². The summed E-state index contributed by atoms with van der Waals surface area (Å²) in [5.74, 6) is 1.46. The monoisotopic (exact) mass is 327 g/mol. The summed E-state index contributed by atoms with van der Waals surface area (Å²) in [6, 6.07) is 1.82. The van der Waals surface area contributed by atoms with Gasteiger partial charge in [-0.2, -0.15) is 0 Å². The van der Waals surface area contributed by atoms with Crippen molar-refractivity contribution in [3.8, 4) is 11.5 Å². The van der Waals surface area contributed by atoms with Gasteiger partial charge in [-0.25, -0.2) is 0 Å². The average Bonchev–Trinajstić information content (AvgIpc) is 2.65. The molecule has 0 spiro atoms. The van der Waals surface area contributed by atoms with Gasteiger partial charge in [-0.3, -0.25) is 4.79 Å². The number of rotatable bonds is 4. The van der Waals surface area contributed by atoms with Gasteiger partial charge >= 0.3 is 0 Å². The fourth-order valence-electron chi connectivity index (χ4n) is 2.21. The second kappa shape index (κ2) is 6.39. The summed E-state index contributed by atoms with van der Waals surface area (Å²) < 4.78 is 12.3. The number of nitrogens with two attached hydrogens (primary N) is 1. The maximum absolute atomic E-state index is 12.2. The summed E-state index contributed by atoms with van der Waals surface area (Å²) in [6.45, 7) is 3.61. The van der Waals surface area contributed by atoms with Gasteiger partial charge in [0.15, 0.2) is 17.3 Å². The van der Waals surface area contributed by atoms with Crippen molar-refractivity contribution in [2.75, 3.05) is 19.8 Å². The molecule has 0 atom stereocenters. The van der Waals surface area contributed by atoms with E-state index in [4.69, 9.17) is 15.2 Å². The molecule has 5 heteroatoms. The third-order valence-corrected chi connectivity index (χ3v) is 3.69. The normalized spacial score (nSPS) is 14.1. The molecular formula is C14H18BrNO3. The molecule has 1 aliphatic rings. The van der Waals surface area contributed by atoms with Gasteiger partial charge in [0, 0.05) is 24.0 Å². The third-order valence-electron chi connectivity index (χ3n) is 3.10. The maximum Gasteiger partial charge on any atom is 0.175 e. The van der Waals surface area contributed by atoms with Crippen LogP contribution in [-0.4, -0.2) is 25.5 Å². The largest absolute Gasteiger partial charge is 0.489 e. The van der Waals surface area contributed by atoms with Crippen molar-refractivity contribution >= 4 is 21.7 Å². The van der Waals surface area contributed by atoms with Crippen LogP contribution in [-0.2, 0) is 6.42 Å². The van der Waals surface area contributed by atoms with Gasteiger partial charge in [0.1, 0.15) is 0 Å². The SMILES string of the molecule is CCc1c(C(=O)CCN)cc(Br)c2c1OCCCO2. The average molecular weight is 328 g/mol. The zero-order valence-corrected chi connectivity index (χ0v) is 12.6. The lowest BCUT2D eigenvalue weighted by atomic mass is 9.98. The van der Waals surface area contributed by atoms with Gasteiger partial charge in [-0.1, -0.05) is 6.92 Å². The Morgan fingerprint density at radius 3 is 2.68 bits per heavy atom. The Hall–Kier alpha value is -1.07. The minimum Gasteiger partial charge on any atom is -0.489 e. The summed E-state index contributed by atoms with van der Waals surface area (Å²) >= 11 is 3.46. The third kappa shape index (κ3) is 2.92. The summed E-state index contributed by atoms with van der Waals surface area (Å²) in [5.41, 5.74) is 7.07. The highest BCUT2D eigenvalue weighted by molar-refractivity contribution is 9.10. The van der Waals surface area contributed by atoms with Crippen molar-refractivity contribution in [1.29, 1.82) is 0 Å². The van der Waals surface area contributed by atoms with Crippen LogP contribution in [0.25, 0.3) is 0 Å². The number of benzene rings is 1. The predicted molar refractivity (Wildman–Crippen MR) is 77.1 cm³/mol. The van der Waals surface area contributed by atoms with E-state index in [1.165, 1.54) is 0 Å². The van der Waals surface area contributed by atoms with Crippen LogP contribution in [0.5, 0.6) is 11.5 Å². The molecule has 0 saturated carbocycles. The summed E-state index contributed by atoms with van der Waals surface area (Å²) in [6.07, 6.45) is 1.92. The van der Waals surface area contributed by atoms with Gasteiger partial charge in [0.05, 0.1) is 17.7 Å². The van der Waals surface area contributed by atoms with E-state index in [9.17, 15) is 4.79 Å². The highest BCUT2D eigenvalue weighted by Crippen LogP contribution is 2.42. The Morgan fingerprint density at radius 2 is 2.05 bits per heavy atom. The molecule has 0 aromatic heterocycles. The van der Waals surface area contributed by atoms with Gasteiger partial charge in [-0.05, 0) is 35.0 Å². The van der Waals surface area contributed by atoms with Gasteiger partial charge < -0.3 is 15.2 Å². The number of ether oxygens (including phenoxy) is 2. The maximum atomic E-state index is 12.2. The molecule has 0 unspecified atom stereocenters. The first-order valence-corrected chi connectivity index (χ1v) is 7.32. The first-order valence-electron chi connectivity index (χ1n) is 6.53. The van der Waals surface area contributed by atoms with Crippen LogP contribution in [0.15, 0.2) is 10.5 Å². The van der Waals surface area contributed by atoms with Crippen LogP contribution >= 0.6 is 15.9 Å². The number of ketones is 1. The standard InChI is InChI=1S/C14H18BrNO3/c1-2-9-10(12(17)4-5-16)8-11(15)14-13(9)18-6-3-7-19-14/h8H,2-7,16H2,1H3. The lowest BCUT2D eigenvalue weighted by molar-refractivity contribution is 0.0984. The lowest BCUT2D eigenvalue weighted by Gasteiger charge is -2.16. The molecule has 0 radical (unpaired) electrons. The predicted octanol–water partition coefficient (Wildman–Crippen LogP) is 2.70. The Kier molecular flexibility index (Phi) is 4.82. The molecular weight excluding hydrogens is 310 g/mol. The number of hydrogen-bond donors (Lipinski definition) is 1. The van der Waals surface area contributed by atoms with Crippen LogP contribution in [0.1, 0.15) is 35.7 Å². The second-order valence-electron chi connectivity index (χ2n) is 4.41. The lowest BCUT2D eigenvalue weighted by Crippen LogP contribution is -2.11. The van der Waals surface area contributed by atoms with Gasteiger partial charge in [0.25, 0.3) is 0 Å². The minimum atomic E-state index is 0.0516. The van der Waals surface area contributed by atoms with E-state index in [1.807, 2.05) is 13.0 Å². The Bertz CT molecular complexity index is 488. The molecule has 1 aromatic rings. The van der Waals surface area contributed by atoms with Crippen LogP contribution in [0.3, 0.4) is 0 Å². The zero-order valence-electron chi connectivity index (χ0n) is 11.0. The quantitative estimate of drug-likeness (QED) is 0.864. The summed E-state index contributed by atoms with van der Waals surface area (Å²) in [7, 11) is 0. The topological polar surface area (TPSA) is 61.6 Å². The molecule has 19 heavy (non-hydrogen) atoms. The fourth-order valence-corrected chi connectivity index (χ4v) is 2.73. The molecule has 2 N–H and O–H groups in total. The van der Waals surface area contributed by atoms with E-state index < -0.39 is 0 Å². The molecule has 0 amide bonds. The summed E-state index contributed by atoms with van der Waals surface area (Å²) in [5, 5.41) is 0. The van der Waals surface area contributed by atoms with Crippen LogP contribution in [0.2, 0.25) is 0 Å². The van der Waals surface area contributed by atoms with Crippen LogP contribution in [0, 0.1) is 0 Å². The number of Topliss-reactive ketones (excluding diaryl/α,β-unsaturated/α-hetero) is 1. The van der Waals surface area contributed by atoms with Crippen molar-refractivity contribution in [2.24, 2.45) is 5.73 Å². The Morgan fingerprint density at radius 1 is 1.37 bits per heavy atom. The van der Waals surface area contributed by atoms with Gasteiger partial charge in [0.2, 0.25) is 0 Å². The smallest absolute Gasteiger partial charge is 0.175 e. The molecule has 104 valence electrons. The van der Waals surface area contributed by atoms with E-state index in [1.54, 1.807) is 0 Å². The number of fused-ring (bicyclic) bond motifs is 1. The van der Waals surface area contributed by atoms with Crippen LogP contribution in [0.4, 0.5) is 0 Å². The molecule has 0 aliphatic carbocycles. The van der Waals surface area contributed by atoms with Crippen LogP contribution < -0.4 is 15.2 Å². The highest BCUT2D eigenvalue weighted by Gasteiger charge is 2.23. The number of carbonyl (C=O) groups excluding carboxylic acids is 1. The van der Waals surface area contributed by atoms with E-state index in [2.05, 4.69) is 15.9 Å². The molecule has 2 rings (SSSR count). The summed E-state index contributed by atoms with van der Waals surface area (Å²) in [4.78, 5) is 12.2. The molecule has 1 heterocycles. The minimum absolute atomic E-state index is 0.0516. The van der Waals surface area contributed by atoms with Crippen molar-refractivity contribution in [1.82, 2.24) is 0 Å². The fraction of sp³-hybridized carbons (Fsp3) is 0.500. The molecule has 4 nitrogen and oxygen atoms in total. The molecule has 0 fully saturated rings.